The summed E-state index contributed by atoms with van der Waals surface area (Å²) in [5.74, 6) is -0.741. The first-order chi connectivity index (χ1) is 9.06. The number of carboxylic acids is 1. The average Bonchev–Trinajstić information content (AvgIpc) is 2.37. The summed E-state index contributed by atoms with van der Waals surface area (Å²) in [6, 6.07) is 10.3. The Kier molecular flexibility index (Phi) is 3.56. The minimum atomic E-state index is -1.13. The lowest BCUT2D eigenvalue weighted by Crippen LogP contribution is -2.05. The molecule has 0 aliphatic carbocycles. The number of carbonyl (C=O) groups is 1. The Morgan fingerprint density at radius 2 is 1.79 bits per heavy atom. The van der Waals surface area contributed by atoms with Crippen molar-refractivity contribution in [2.45, 2.75) is 6.61 Å². The van der Waals surface area contributed by atoms with Gasteiger partial charge in [0.25, 0.3) is 0 Å². The van der Waals surface area contributed by atoms with Gasteiger partial charge in [-0.1, -0.05) is 12.1 Å². The number of phenolic OH excluding ortho intramolecular Hbond substituents is 2. The van der Waals surface area contributed by atoms with Crippen LogP contribution in [0.5, 0.6) is 17.2 Å². The minimum absolute atomic E-state index is 0.0137. The second-order valence-electron chi connectivity index (χ2n) is 3.93. The molecule has 5 heteroatoms. The van der Waals surface area contributed by atoms with Crippen molar-refractivity contribution in [3.8, 4) is 17.2 Å². The second-order valence-corrected chi connectivity index (χ2v) is 3.93. The number of aromatic carboxylic acids is 1. The van der Waals surface area contributed by atoms with E-state index in [1.165, 1.54) is 30.3 Å². The number of ether oxygens (including phenoxy) is 1. The van der Waals surface area contributed by atoms with Gasteiger partial charge in [-0.3, -0.25) is 0 Å². The summed E-state index contributed by atoms with van der Waals surface area (Å²) >= 11 is 0. The predicted molar refractivity (Wildman–Crippen MR) is 67.5 cm³/mol. The Hall–Kier alpha value is -2.69. The van der Waals surface area contributed by atoms with E-state index in [9.17, 15) is 15.0 Å². The molecule has 2 aromatic carbocycles. The molecule has 0 aliphatic heterocycles. The molecule has 0 radical (unpaired) electrons. The highest BCUT2D eigenvalue weighted by Gasteiger charge is 2.11. The molecule has 98 valence electrons. The van der Waals surface area contributed by atoms with Crippen LogP contribution in [0.25, 0.3) is 0 Å². The summed E-state index contributed by atoms with van der Waals surface area (Å²) < 4.78 is 5.40. The lowest BCUT2D eigenvalue weighted by molar-refractivity contribution is 0.0693. The molecular formula is C14H12O5. The molecule has 2 rings (SSSR count). The van der Waals surface area contributed by atoms with Gasteiger partial charge in [0, 0.05) is 11.6 Å². The van der Waals surface area contributed by atoms with Crippen LogP contribution in [0.2, 0.25) is 0 Å². The largest absolute Gasteiger partial charge is 0.508 e. The van der Waals surface area contributed by atoms with Crippen LogP contribution in [0.1, 0.15) is 15.9 Å². The molecule has 0 bridgehead atoms. The molecule has 0 spiro atoms. The topological polar surface area (TPSA) is 87.0 Å². The van der Waals surface area contributed by atoms with Crippen LogP contribution >= 0.6 is 0 Å². The van der Waals surface area contributed by atoms with Gasteiger partial charge in [-0.05, 0) is 24.3 Å². The third kappa shape index (κ3) is 3.16. The smallest absolute Gasteiger partial charge is 0.336 e. The number of hydrogen-bond donors (Lipinski definition) is 3. The summed E-state index contributed by atoms with van der Waals surface area (Å²) in [5.41, 5.74) is 0.425. The molecule has 0 aromatic heterocycles. The highest BCUT2D eigenvalue weighted by molar-refractivity contribution is 5.89. The van der Waals surface area contributed by atoms with Crippen molar-refractivity contribution in [2.75, 3.05) is 0 Å². The maximum atomic E-state index is 11.0. The number of aromatic hydroxyl groups is 2. The van der Waals surface area contributed by atoms with Crippen LogP contribution in [0.4, 0.5) is 0 Å². The molecule has 0 atom stereocenters. The second kappa shape index (κ2) is 5.30. The molecule has 0 amide bonds. The van der Waals surface area contributed by atoms with Gasteiger partial charge in [0.2, 0.25) is 0 Å². The molecule has 0 saturated heterocycles. The summed E-state index contributed by atoms with van der Waals surface area (Å²) in [4.78, 5) is 11.0. The zero-order chi connectivity index (χ0) is 13.8. The van der Waals surface area contributed by atoms with Crippen LogP contribution in [-0.4, -0.2) is 21.3 Å². The quantitative estimate of drug-likeness (QED) is 0.785. The highest BCUT2D eigenvalue weighted by Crippen LogP contribution is 2.21. The van der Waals surface area contributed by atoms with E-state index < -0.39 is 5.97 Å². The van der Waals surface area contributed by atoms with Crippen molar-refractivity contribution >= 4 is 5.97 Å². The Balaban J connectivity index is 2.17. The van der Waals surface area contributed by atoms with E-state index >= 15 is 0 Å². The summed E-state index contributed by atoms with van der Waals surface area (Å²) in [6.07, 6.45) is 0. The third-order valence-electron chi connectivity index (χ3n) is 2.54. The summed E-state index contributed by atoms with van der Waals surface area (Å²) in [5, 5.41) is 27.6. The van der Waals surface area contributed by atoms with E-state index in [4.69, 9.17) is 9.84 Å². The Bertz CT molecular complexity index is 607. The fourth-order valence-corrected chi connectivity index (χ4v) is 1.62. The molecular weight excluding hydrogens is 248 g/mol. The van der Waals surface area contributed by atoms with E-state index in [0.29, 0.717) is 11.3 Å². The Labute approximate surface area is 109 Å². The lowest BCUT2D eigenvalue weighted by Gasteiger charge is -2.09. The molecule has 0 fully saturated rings. The van der Waals surface area contributed by atoms with Crippen LogP contribution in [0, 0.1) is 0 Å². The number of hydrogen-bond acceptors (Lipinski definition) is 4. The van der Waals surface area contributed by atoms with E-state index in [1.54, 1.807) is 12.1 Å². The van der Waals surface area contributed by atoms with Crippen molar-refractivity contribution in [3.63, 3.8) is 0 Å². The average molecular weight is 260 g/mol. The Morgan fingerprint density at radius 3 is 2.47 bits per heavy atom. The lowest BCUT2D eigenvalue weighted by atomic mass is 10.1. The zero-order valence-corrected chi connectivity index (χ0v) is 9.91. The third-order valence-corrected chi connectivity index (χ3v) is 2.54. The number of benzene rings is 2. The summed E-state index contributed by atoms with van der Waals surface area (Å²) in [6.45, 7) is 0.0331. The van der Waals surface area contributed by atoms with Crippen LogP contribution in [0.3, 0.4) is 0 Å². The summed E-state index contributed by atoms with van der Waals surface area (Å²) in [7, 11) is 0. The molecule has 5 nitrogen and oxygen atoms in total. The Morgan fingerprint density at radius 1 is 1.05 bits per heavy atom. The van der Waals surface area contributed by atoms with Gasteiger partial charge in [-0.15, -0.1) is 0 Å². The van der Waals surface area contributed by atoms with E-state index in [2.05, 4.69) is 0 Å². The van der Waals surface area contributed by atoms with Crippen molar-refractivity contribution in [1.82, 2.24) is 0 Å². The van der Waals surface area contributed by atoms with Gasteiger partial charge in [-0.25, -0.2) is 4.79 Å². The van der Waals surface area contributed by atoms with Crippen molar-refractivity contribution < 1.29 is 24.9 Å². The van der Waals surface area contributed by atoms with Crippen LogP contribution < -0.4 is 4.74 Å². The molecule has 2 aromatic rings. The van der Waals surface area contributed by atoms with Gasteiger partial charge in [0.15, 0.2) is 0 Å². The number of carboxylic acid groups (broad SMARTS) is 1. The van der Waals surface area contributed by atoms with Crippen molar-refractivity contribution in [3.05, 3.63) is 53.6 Å². The first-order valence-electron chi connectivity index (χ1n) is 5.53. The maximum absolute atomic E-state index is 11.0. The van der Waals surface area contributed by atoms with Gasteiger partial charge in [-0.2, -0.15) is 0 Å². The predicted octanol–water partition coefficient (Wildman–Crippen LogP) is 2.38. The first kappa shape index (κ1) is 12.8. The van der Waals surface area contributed by atoms with Gasteiger partial charge in [0.1, 0.15) is 23.9 Å². The van der Waals surface area contributed by atoms with Crippen molar-refractivity contribution in [2.24, 2.45) is 0 Å². The molecule has 0 unspecified atom stereocenters. The molecule has 0 aliphatic rings. The fraction of sp³-hybridized carbons (Fsp3) is 0.0714. The van der Waals surface area contributed by atoms with E-state index in [-0.39, 0.29) is 23.7 Å². The molecule has 0 heterocycles. The fourth-order valence-electron chi connectivity index (χ4n) is 1.62. The standard InChI is InChI=1S/C14H12O5/c15-10-2-1-3-12(6-10)19-8-9-4-5-11(16)7-13(9)14(17)18/h1-7,15-16H,8H2,(H,17,18). The van der Waals surface area contributed by atoms with Gasteiger partial charge in [0.05, 0.1) is 5.56 Å². The highest BCUT2D eigenvalue weighted by atomic mass is 16.5. The van der Waals surface area contributed by atoms with Gasteiger partial charge >= 0.3 is 5.97 Å². The molecule has 3 N–H and O–H groups in total. The minimum Gasteiger partial charge on any atom is -0.508 e. The van der Waals surface area contributed by atoms with Crippen molar-refractivity contribution in [1.29, 1.82) is 0 Å². The van der Waals surface area contributed by atoms with Crippen LogP contribution in [0.15, 0.2) is 42.5 Å². The number of phenols is 2. The monoisotopic (exact) mass is 260 g/mol. The number of rotatable bonds is 4. The van der Waals surface area contributed by atoms with E-state index in [1.807, 2.05) is 0 Å². The van der Waals surface area contributed by atoms with Gasteiger partial charge < -0.3 is 20.1 Å². The maximum Gasteiger partial charge on any atom is 0.336 e. The SMILES string of the molecule is O=C(O)c1cc(O)ccc1COc1cccc(O)c1. The van der Waals surface area contributed by atoms with Crippen LogP contribution in [-0.2, 0) is 6.61 Å². The zero-order valence-electron chi connectivity index (χ0n) is 9.91. The molecule has 0 saturated carbocycles. The molecule has 19 heavy (non-hydrogen) atoms. The normalized spacial score (nSPS) is 10.1. The first-order valence-corrected chi connectivity index (χ1v) is 5.53. The van der Waals surface area contributed by atoms with E-state index in [0.717, 1.165) is 0 Å².